The predicted molar refractivity (Wildman–Crippen MR) is 45.8 cm³/mol. The molecule has 0 amide bonds. The Balaban J connectivity index is 2.33. The van der Waals surface area contributed by atoms with E-state index in [9.17, 15) is 0 Å². The van der Waals surface area contributed by atoms with Crippen molar-refractivity contribution in [2.24, 2.45) is 5.73 Å². The maximum absolute atomic E-state index is 5.57. The van der Waals surface area contributed by atoms with Crippen LogP contribution in [0.3, 0.4) is 0 Å². The Morgan fingerprint density at radius 1 is 1.62 bits per heavy atom. The molecule has 0 fully saturated rings. The third kappa shape index (κ3) is 1.56. The molecule has 0 bridgehead atoms. The van der Waals surface area contributed by atoms with Crippen molar-refractivity contribution in [1.29, 1.82) is 0 Å². The molecular weight excluding hydrogens is 190 g/mol. The van der Waals surface area contributed by atoms with Crippen molar-refractivity contribution in [3.05, 3.63) is 12.0 Å². The largest absolute Gasteiger partial charge is 0.333 e. The first-order chi connectivity index (χ1) is 6.27. The van der Waals surface area contributed by atoms with Gasteiger partial charge in [0, 0.05) is 0 Å². The minimum Gasteiger partial charge on any atom is -0.333 e. The Morgan fingerprint density at radius 2 is 2.46 bits per heavy atom. The van der Waals surface area contributed by atoms with Crippen LogP contribution in [0, 0.1) is 0 Å². The van der Waals surface area contributed by atoms with Gasteiger partial charge in [0.2, 0.25) is 0 Å². The molecule has 0 aliphatic rings. The van der Waals surface area contributed by atoms with Crippen LogP contribution in [-0.2, 0) is 0 Å². The van der Waals surface area contributed by atoms with Crippen molar-refractivity contribution in [2.45, 2.75) is 13.0 Å². The van der Waals surface area contributed by atoms with Crippen LogP contribution in [0.15, 0.2) is 10.7 Å². The summed E-state index contributed by atoms with van der Waals surface area (Å²) < 4.78 is 8.64. The molecule has 2 N–H and O–H groups in total. The molecule has 13 heavy (non-hydrogen) atoms. The van der Waals surface area contributed by atoms with Gasteiger partial charge in [-0.25, -0.2) is 0 Å². The van der Waals surface area contributed by atoms with Crippen molar-refractivity contribution in [3.8, 4) is 10.8 Å². The Morgan fingerprint density at radius 3 is 3.00 bits per heavy atom. The molecule has 2 heterocycles. The molecule has 0 aliphatic carbocycles. The second-order valence-electron chi connectivity index (χ2n) is 2.53. The minimum absolute atomic E-state index is 0.224. The number of nitrogens with two attached hydrogens (primary N) is 1. The van der Waals surface area contributed by atoms with Gasteiger partial charge >= 0.3 is 0 Å². The second kappa shape index (κ2) is 3.19. The normalized spacial score (nSPS) is 13.1. The van der Waals surface area contributed by atoms with Crippen LogP contribution in [0.1, 0.15) is 18.8 Å². The lowest BCUT2D eigenvalue weighted by Gasteiger charge is -1.92. The zero-order valence-electron chi connectivity index (χ0n) is 6.84. The quantitative estimate of drug-likeness (QED) is 0.758. The SMILES string of the molecule is CC(N)c1noc(-c2cnns2)n1. The van der Waals surface area contributed by atoms with E-state index in [2.05, 4.69) is 19.7 Å². The topological polar surface area (TPSA) is 90.7 Å². The number of hydrogen-bond acceptors (Lipinski definition) is 7. The van der Waals surface area contributed by atoms with Gasteiger partial charge in [0.1, 0.15) is 4.88 Å². The molecule has 0 spiro atoms. The van der Waals surface area contributed by atoms with Crippen LogP contribution in [-0.4, -0.2) is 19.7 Å². The molecule has 0 saturated carbocycles. The molecule has 68 valence electrons. The lowest BCUT2D eigenvalue weighted by Crippen LogP contribution is -2.06. The van der Waals surface area contributed by atoms with Gasteiger partial charge in [0.25, 0.3) is 5.89 Å². The van der Waals surface area contributed by atoms with Gasteiger partial charge in [-0.15, -0.1) is 5.10 Å². The number of hydrogen-bond donors (Lipinski definition) is 1. The van der Waals surface area contributed by atoms with E-state index in [4.69, 9.17) is 10.3 Å². The average molecular weight is 197 g/mol. The highest BCUT2D eigenvalue weighted by Gasteiger charge is 2.12. The third-order valence-corrected chi connectivity index (χ3v) is 2.07. The Bertz CT molecular complexity index is 381. The summed E-state index contributed by atoms with van der Waals surface area (Å²) in [5, 5.41) is 7.37. The monoisotopic (exact) mass is 197 g/mol. The first-order valence-corrected chi connectivity index (χ1v) is 4.41. The van der Waals surface area contributed by atoms with Crippen LogP contribution < -0.4 is 5.73 Å². The fraction of sp³-hybridized carbons (Fsp3) is 0.333. The van der Waals surface area contributed by atoms with E-state index in [0.717, 1.165) is 4.88 Å². The average Bonchev–Trinajstić information content (AvgIpc) is 2.75. The molecule has 1 atom stereocenters. The van der Waals surface area contributed by atoms with Crippen LogP contribution in [0.4, 0.5) is 0 Å². The Kier molecular flexibility index (Phi) is 2.03. The van der Waals surface area contributed by atoms with Gasteiger partial charge < -0.3 is 10.3 Å². The maximum Gasteiger partial charge on any atom is 0.271 e. The molecule has 6 nitrogen and oxygen atoms in total. The van der Waals surface area contributed by atoms with Crippen molar-refractivity contribution in [2.75, 3.05) is 0 Å². The lowest BCUT2D eigenvalue weighted by atomic mass is 10.3. The van der Waals surface area contributed by atoms with E-state index in [1.165, 1.54) is 11.5 Å². The van der Waals surface area contributed by atoms with Crippen molar-refractivity contribution >= 4 is 11.5 Å². The van der Waals surface area contributed by atoms with Crippen molar-refractivity contribution in [3.63, 3.8) is 0 Å². The first kappa shape index (κ1) is 8.27. The minimum atomic E-state index is -0.224. The van der Waals surface area contributed by atoms with E-state index in [0.29, 0.717) is 11.7 Å². The molecule has 0 radical (unpaired) electrons. The highest BCUT2D eigenvalue weighted by Crippen LogP contribution is 2.20. The summed E-state index contributed by atoms with van der Waals surface area (Å²) in [5.41, 5.74) is 5.57. The summed E-state index contributed by atoms with van der Waals surface area (Å²) in [4.78, 5) is 4.83. The van der Waals surface area contributed by atoms with E-state index < -0.39 is 0 Å². The van der Waals surface area contributed by atoms with Gasteiger partial charge in [-0.2, -0.15) is 4.98 Å². The molecule has 7 heteroatoms. The fourth-order valence-corrected chi connectivity index (χ4v) is 1.22. The first-order valence-electron chi connectivity index (χ1n) is 3.64. The standard InChI is InChI=1S/C6H7N5OS/c1-3(7)5-9-6(12-10-5)4-2-8-11-13-4/h2-3H,7H2,1H3. The molecule has 0 aromatic carbocycles. The maximum atomic E-state index is 5.57. The Labute approximate surface area is 77.9 Å². The number of aromatic nitrogens is 4. The van der Waals surface area contributed by atoms with Crippen LogP contribution >= 0.6 is 11.5 Å². The molecule has 0 aliphatic heterocycles. The summed E-state index contributed by atoms with van der Waals surface area (Å²) in [6.07, 6.45) is 1.57. The predicted octanol–water partition coefficient (Wildman–Crippen LogP) is 0.608. The zero-order valence-corrected chi connectivity index (χ0v) is 7.65. The third-order valence-electron chi connectivity index (χ3n) is 1.42. The zero-order chi connectivity index (χ0) is 9.26. The van der Waals surface area contributed by atoms with Crippen molar-refractivity contribution in [1.82, 2.24) is 19.7 Å². The molecule has 1 unspecified atom stereocenters. The molecule has 2 aromatic heterocycles. The number of nitrogens with zero attached hydrogens (tertiary/aromatic N) is 4. The highest BCUT2D eigenvalue weighted by molar-refractivity contribution is 7.09. The summed E-state index contributed by atoms with van der Waals surface area (Å²) >= 11 is 1.20. The van der Waals surface area contributed by atoms with Crippen LogP contribution in [0.5, 0.6) is 0 Å². The van der Waals surface area contributed by atoms with Crippen LogP contribution in [0.25, 0.3) is 10.8 Å². The van der Waals surface area contributed by atoms with Crippen LogP contribution in [0.2, 0.25) is 0 Å². The molecule has 2 aromatic rings. The van der Waals surface area contributed by atoms with E-state index in [1.54, 1.807) is 13.1 Å². The highest BCUT2D eigenvalue weighted by atomic mass is 32.1. The fourth-order valence-electron chi connectivity index (χ4n) is 0.781. The van der Waals surface area contributed by atoms with E-state index in [-0.39, 0.29) is 6.04 Å². The van der Waals surface area contributed by atoms with Gasteiger partial charge in [0.15, 0.2) is 5.82 Å². The van der Waals surface area contributed by atoms with E-state index in [1.807, 2.05) is 0 Å². The number of rotatable bonds is 2. The summed E-state index contributed by atoms with van der Waals surface area (Å²) in [7, 11) is 0. The molecule has 0 saturated heterocycles. The van der Waals surface area contributed by atoms with Gasteiger partial charge in [-0.05, 0) is 18.5 Å². The Hall–Kier alpha value is -1.34. The van der Waals surface area contributed by atoms with Gasteiger partial charge in [-0.3, -0.25) is 0 Å². The van der Waals surface area contributed by atoms with Crippen molar-refractivity contribution < 1.29 is 4.52 Å². The summed E-state index contributed by atoms with van der Waals surface area (Å²) in [6, 6.07) is -0.224. The summed E-state index contributed by atoms with van der Waals surface area (Å²) in [6.45, 7) is 1.79. The van der Waals surface area contributed by atoms with Gasteiger partial charge in [-0.1, -0.05) is 9.64 Å². The molecule has 2 rings (SSSR count). The smallest absolute Gasteiger partial charge is 0.271 e. The second-order valence-corrected chi connectivity index (χ2v) is 3.31. The van der Waals surface area contributed by atoms with E-state index >= 15 is 0 Å². The molecular formula is C6H7N5OS. The summed E-state index contributed by atoms with van der Waals surface area (Å²) in [5.74, 6) is 0.908. The van der Waals surface area contributed by atoms with Gasteiger partial charge in [0.05, 0.1) is 12.2 Å². The lowest BCUT2D eigenvalue weighted by molar-refractivity contribution is 0.419.